The Balaban J connectivity index is 1.89. The van der Waals surface area contributed by atoms with E-state index in [1.807, 2.05) is 4.90 Å². The van der Waals surface area contributed by atoms with Crippen molar-refractivity contribution in [2.75, 3.05) is 6.54 Å². The molecular formula is C13H24N2O2. The van der Waals surface area contributed by atoms with Crippen molar-refractivity contribution in [3.05, 3.63) is 0 Å². The minimum Gasteiger partial charge on any atom is -0.393 e. The molecule has 0 aromatic rings. The van der Waals surface area contributed by atoms with E-state index in [1.165, 1.54) is 0 Å². The van der Waals surface area contributed by atoms with Crippen LogP contribution in [0.5, 0.6) is 0 Å². The Morgan fingerprint density at radius 2 is 1.88 bits per heavy atom. The number of aliphatic hydroxyl groups excluding tert-OH is 1. The largest absolute Gasteiger partial charge is 0.393 e. The van der Waals surface area contributed by atoms with Crippen molar-refractivity contribution >= 4 is 5.91 Å². The number of carbonyl (C=O) groups is 1. The lowest BCUT2D eigenvalue weighted by molar-refractivity contribution is -0.132. The number of nitrogens with zero attached hydrogens (tertiary/aromatic N) is 1. The summed E-state index contributed by atoms with van der Waals surface area (Å²) >= 11 is 0. The van der Waals surface area contributed by atoms with Crippen LogP contribution in [-0.4, -0.2) is 46.7 Å². The van der Waals surface area contributed by atoms with Crippen molar-refractivity contribution in [2.45, 2.75) is 70.2 Å². The first-order valence-electron chi connectivity index (χ1n) is 6.82. The highest BCUT2D eigenvalue weighted by molar-refractivity contribution is 5.84. The molecule has 17 heavy (non-hydrogen) atoms. The van der Waals surface area contributed by atoms with E-state index < -0.39 is 0 Å². The van der Waals surface area contributed by atoms with Crippen LogP contribution in [0.1, 0.15) is 46.0 Å². The zero-order chi connectivity index (χ0) is 12.4. The van der Waals surface area contributed by atoms with Crippen LogP contribution in [0.4, 0.5) is 0 Å². The second kappa shape index (κ2) is 5.36. The quantitative estimate of drug-likeness (QED) is 0.770. The topological polar surface area (TPSA) is 52.6 Å². The first-order chi connectivity index (χ1) is 8.08. The smallest absolute Gasteiger partial charge is 0.240 e. The maximum Gasteiger partial charge on any atom is 0.240 e. The van der Waals surface area contributed by atoms with Gasteiger partial charge >= 0.3 is 0 Å². The Hall–Kier alpha value is -0.610. The van der Waals surface area contributed by atoms with Gasteiger partial charge < -0.3 is 15.3 Å². The van der Waals surface area contributed by atoms with Gasteiger partial charge in [-0.25, -0.2) is 0 Å². The van der Waals surface area contributed by atoms with Crippen LogP contribution in [0.25, 0.3) is 0 Å². The number of likely N-dealkylation sites (tertiary alicyclic amines) is 1. The van der Waals surface area contributed by atoms with E-state index in [0.717, 1.165) is 38.6 Å². The Morgan fingerprint density at radius 3 is 2.47 bits per heavy atom. The fourth-order valence-electron chi connectivity index (χ4n) is 2.99. The highest BCUT2D eigenvalue weighted by Crippen LogP contribution is 2.26. The molecule has 1 unspecified atom stereocenters. The zero-order valence-corrected chi connectivity index (χ0v) is 10.9. The molecule has 1 amide bonds. The molecule has 0 bridgehead atoms. The van der Waals surface area contributed by atoms with Gasteiger partial charge in [0, 0.05) is 18.6 Å². The monoisotopic (exact) mass is 240 g/mol. The third kappa shape index (κ3) is 2.99. The van der Waals surface area contributed by atoms with Gasteiger partial charge in [-0.15, -0.1) is 0 Å². The Bertz CT molecular complexity index is 273. The molecule has 0 aromatic heterocycles. The van der Waals surface area contributed by atoms with E-state index in [0.29, 0.717) is 12.1 Å². The average molecular weight is 240 g/mol. The predicted molar refractivity (Wildman–Crippen MR) is 66.7 cm³/mol. The van der Waals surface area contributed by atoms with Crippen molar-refractivity contribution in [2.24, 2.45) is 0 Å². The van der Waals surface area contributed by atoms with Crippen LogP contribution in [0.3, 0.4) is 0 Å². The molecule has 1 heterocycles. The van der Waals surface area contributed by atoms with Gasteiger partial charge in [-0.05, 0) is 32.1 Å². The van der Waals surface area contributed by atoms with Crippen molar-refractivity contribution in [3.8, 4) is 0 Å². The van der Waals surface area contributed by atoms with Gasteiger partial charge in [0.05, 0.1) is 12.1 Å². The van der Waals surface area contributed by atoms with Crippen LogP contribution in [-0.2, 0) is 4.79 Å². The molecule has 1 saturated heterocycles. The number of hydrogen-bond donors (Lipinski definition) is 2. The standard InChI is InChI=1S/C13H24N2O2/c1-9(2)14-12-7-8-15(13(12)17)10-3-5-11(16)6-4-10/h9-12,14,16H,3-8H2,1-2H3. The summed E-state index contributed by atoms with van der Waals surface area (Å²) in [5.41, 5.74) is 0. The van der Waals surface area contributed by atoms with Gasteiger partial charge in [0.25, 0.3) is 0 Å². The summed E-state index contributed by atoms with van der Waals surface area (Å²) in [6.07, 6.45) is 4.39. The number of amides is 1. The van der Waals surface area contributed by atoms with Crippen LogP contribution < -0.4 is 5.32 Å². The first kappa shape index (κ1) is 12.8. The van der Waals surface area contributed by atoms with E-state index in [1.54, 1.807) is 0 Å². The van der Waals surface area contributed by atoms with Crippen LogP contribution in [0.15, 0.2) is 0 Å². The summed E-state index contributed by atoms with van der Waals surface area (Å²) in [4.78, 5) is 14.3. The van der Waals surface area contributed by atoms with E-state index in [-0.39, 0.29) is 18.1 Å². The maximum absolute atomic E-state index is 12.2. The highest BCUT2D eigenvalue weighted by Gasteiger charge is 2.37. The van der Waals surface area contributed by atoms with Crippen LogP contribution in [0, 0.1) is 0 Å². The first-order valence-corrected chi connectivity index (χ1v) is 6.82. The Kier molecular flexibility index (Phi) is 4.05. The van der Waals surface area contributed by atoms with Gasteiger partial charge in [0.15, 0.2) is 0 Å². The molecule has 1 aliphatic heterocycles. The van der Waals surface area contributed by atoms with Gasteiger partial charge in [-0.1, -0.05) is 13.8 Å². The number of rotatable bonds is 3. The van der Waals surface area contributed by atoms with E-state index in [9.17, 15) is 9.90 Å². The molecule has 2 fully saturated rings. The van der Waals surface area contributed by atoms with Crippen molar-refractivity contribution in [1.29, 1.82) is 0 Å². The molecule has 4 nitrogen and oxygen atoms in total. The number of carbonyl (C=O) groups excluding carboxylic acids is 1. The van der Waals surface area contributed by atoms with Crippen molar-refractivity contribution in [3.63, 3.8) is 0 Å². The molecule has 4 heteroatoms. The Labute approximate surface area is 103 Å². The summed E-state index contributed by atoms with van der Waals surface area (Å²) in [5, 5.41) is 12.8. The second-order valence-corrected chi connectivity index (χ2v) is 5.66. The predicted octanol–water partition coefficient (Wildman–Crippen LogP) is 0.889. The maximum atomic E-state index is 12.2. The summed E-state index contributed by atoms with van der Waals surface area (Å²) in [7, 11) is 0. The summed E-state index contributed by atoms with van der Waals surface area (Å²) in [6.45, 7) is 5.03. The molecule has 1 aliphatic carbocycles. The van der Waals surface area contributed by atoms with E-state index in [2.05, 4.69) is 19.2 Å². The van der Waals surface area contributed by atoms with Crippen LogP contribution >= 0.6 is 0 Å². The lowest BCUT2D eigenvalue weighted by atomic mass is 9.92. The van der Waals surface area contributed by atoms with Gasteiger partial charge in [0.1, 0.15) is 0 Å². The molecule has 0 spiro atoms. The normalized spacial score (nSPS) is 34.7. The molecular weight excluding hydrogens is 216 g/mol. The highest BCUT2D eigenvalue weighted by atomic mass is 16.3. The molecule has 2 N–H and O–H groups in total. The zero-order valence-electron chi connectivity index (χ0n) is 10.9. The lowest BCUT2D eigenvalue weighted by Gasteiger charge is -2.33. The SMILES string of the molecule is CC(C)NC1CCN(C2CCC(O)CC2)C1=O. The van der Waals surface area contributed by atoms with Gasteiger partial charge in [0.2, 0.25) is 5.91 Å². The average Bonchev–Trinajstić information content (AvgIpc) is 2.61. The lowest BCUT2D eigenvalue weighted by Crippen LogP contribution is -2.46. The second-order valence-electron chi connectivity index (χ2n) is 5.66. The minimum absolute atomic E-state index is 0.0156. The fourth-order valence-corrected chi connectivity index (χ4v) is 2.99. The minimum atomic E-state index is -0.145. The van der Waals surface area contributed by atoms with Gasteiger partial charge in [-0.2, -0.15) is 0 Å². The Morgan fingerprint density at radius 1 is 1.24 bits per heavy atom. The summed E-state index contributed by atoms with van der Waals surface area (Å²) in [6, 6.07) is 0.740. The molecule has 2 rings (SSSR count). The number of nitrogens with one attached hydrogen (secondary N) is 1. The molecule has 98 valence electrons. The third-order valence-electron chi connectivity index (χ3n) is 3.88. The van der Waals surface area contributed by atoms with Gasteiger partial charge in [-0.3, -0.25) is 4.79 Å². The molecule has 1 saturated carbocycles. The summed E-state index contributed by atoms with van der Waals surface area (Å²) < 4.78 is 0. The number of aliphatic hydroxyl groups is 1. The molecule has 0 radical (unpaired) electrons. The third-order valence-corrected chi connectivity index (χ3v) is 3.88. The molecule has 1 atom stereocenters. The fraction of sp³-hybridized carbons (Fsp3) is 0.923. The number of hydrogen-bond acceptors (Lipinski definition) is 3. The molecule has 2 aliphatic rings. The molecule has 0 aromatic carbocycles. The summed E-state index contributed by atoms with van der Waals surface area (Å²) in [5.74, 6) is 0.264. The van der Waals surface area contributed by atoms with Crippen molar-refractivity contribution < 1.29 is 9.90 Å². The van der Waals surface area contributed by atoms with Crippen molar-refractivity contribution in [1.82, 2.24) is 10.2 Å². The van der Waals surface area contributed by atoms with E-state index in [4.69, 9.17) is 0 Å². The van der Waals surface area contributed by atoms with E-state index >= 15 is 0 Å². The van der Waals surface area contributed by atoms with Crippen LogP contribution in [0.2, 0.25) is 0 Å².